The molecule has 0 bridgehead atoms. The standard InChI is InChI=1S/C27H27N5O6/c1-4-6-7-14-30-23-20(26(34)31-15-8-9-17(3)22(31)28-23)16-21(27(35)38-5-2)24(30)29-25(33)18-10-12-19(13-11-18)32(36)37/h8-13,15-16H,4-7,14H2,1-3H3. The van der Waals surface area contributed by atoms with Gasteiger partial charge in [0.25, 0.3) is 17.2 Å². The summed E-state index contributed by atoms with van der Waals surface area (Å²) in [5, 5.41) is 11.2. The first-order valence-electron chi connectivity index (χ1n) is 12.3. The Morgan fingerprint density at radius 1 is 1.11 bits per heavy atom. The Balaban J connectivity index is 2.07. The molecule has 0 saturated carbocycles. The molecule has 196 valence electrons. The number of nitro groups is 1. The van der Waals surface area contributed by atoms with Crippen LogP contribution in [-0.2, 0) is 11.3 Å². The fourth-order valence-electron chi connectivity index (χ4n) is 4.18. The molecule has 0 saturated heterocycles. The number of pyridine rings is 2. The lowest BCUT2D eigenvalue weighted by atomic mass is 10.1. The zero-order chi connectivity index (χ0) is 27.4. The Labute approximate surface area is 217 Å². The van der Waals surface area contributed by atoms with Crippen LogP contribution in [0.2, 0.25) is 0 Å². The Hall–Kier alpha value is -4.67. The van der Waals surface area contributed by atoms with Gasteiger partial charge in [-0.15, -0.1) is 0 Å². The maximum atomic E-state index is 13.5. The summed E-state index contributed by atoms with van der Waals surface area (Å²) in [6.45, 7) is 5.96. The smallest absolute Gasteiger partial charge is 0.341 e. The number of ether oxygens (including phenoxy) is 1. The second kappa shape index (κ2) is 11.2. The number of esters is 1. The normalized spacial score (nSPS) is 11.7. The van der Waals surface area contributed by atoms with Gasteiger partial charge >= 0.3 is 5.97 Å². The molecular formula is C27H27N5O6. The molecule has 0 aliphatic carbocycles. The molecule has 0 aliphatic rings. The molecule has 4 aromatic rings. The van der Waals surface area contributed by atoms with Gasteiger partial charge in [-0.05, 0) is 50.1 Å². The number of nitrogens with zero attached hydrogens (tertiary/aromatic N) is 5. The fourth-order valence-corrected chi connectivity index (χ4v) is 4.18. The Morgan fingerprint density at radius 2 is 1.84 bits per heavy atom. The molecule has 0 aliphatic heterocycles. The predicted molar refractivity (Wildman–Crippen MR) is 140 cm³/mol. The summed E-state index contributed by atoms with van der Waals surface area (Å²) in [4.78, 5) is 59.2. The van der Waals surface area contributed by atoms with Crippen LogP contribution in [0.1, 0.15) is 59.4 Å². The number of aromatic nitrogens is 3. The maximum Gasteiger partial charge on any atom is 0.341 e. The summed E-state index contributed by atoms with van der Waals surface area (Å²) in [5.74, 6) is -1.44. The third kappa shape index (κ3) is 5.08. The highest BCUT2D eigenvalue weighted by atomic mass is 16.6. The molecule has 4 rings (SSSR count). The SMILES string of the molecule is CCCCCn1c(=NC(=O)c2ccc([N+](=O)[O-])cc2)c(C(=O)OCC)cc2c(=O)n3cccc(C)c3nc21. The summed E-state index contributed by atoms with van der Waals surface area (Å²) in [6.07, 6.45) is 4.08. The van der Waals surface area contributed by atoms with Crippen molar-refractivity contribution in [2.75, 3.05) is 6.61 Å². The van der Waals surface area contributed by atoms with Gasteiger partial charge in [0.2, 0.25) is 0 Å². The van der Waals surface area contributed by atoms with Gasteiger partial charge in [0.15, 0.2) is 5.49 Å². The van der Waals surface area contributed by atoms with Gasteiger partial charge in [-0.2, -0.15) is 4.99 Å². The molecule has 11 nitrogen and oxygen atoms in total. The lowest BCUT2D eigenvalue weighted by Gasteiger charge is -2.15. The molecule has 0 spiro atoms. The molecule has 0 N–H and O–H groups in total. The van der Waals surface area contributed by atoms with Crippen molar-refractivity contribution in [2.24, 2.45) is 4.99 Å². The van der Waals surface area contributed by atoms with Crippen LogP contribution in [0.3, 0.4) is 0 Å². The number of hydrogen-bond donors (Lipinski definition) is 0. The van der Waals surface area contributed by atoms with Crippen molar-refractivity contribution < 1.29 is 19.2 Å². The van der Waals surface area contributed by atoms with E-state index in [0.29, 0.717) is 24.3 Å². The van der Waals surface area contributed by atoms with Gasteiger partial charge in [-0.1, -0.05) is 25.8 Å². The molecule has 0 fully saturated rings. The van der Waals surface area contributed by atoms with Gasteiger partial charge in [0.1, 0.15) is 16.9 Å². The number of nitro benzene ring substituents is 1. The fraction of sp³-hybridized carbons (Fsp3) is 0.296. The first kappa shape index (κ1) is 26.4. The highest BCUT2D eigenvalue weighted by molar-refractivity contribution is 5.97. The first-order valence-corrected chi connectivity index (χ1v) is 12.3. The average Bonchev–Trinajstić information content (AvgIpc) is 2.90. The summed E-state index contributed by atoms with van der Waals surface area (Å²) >= 11 is 0. The minimum atomic E-state index is -0.734. The number of aryl methyl sites for hydroxylation is 2. The van der Waals surface area contributed by atoms with E-state index in [9.17, 15) is 24.5 Å². The van der Waals surface area contributed by atoms with Crippen LogP contribution in [-0.4, -0.2) is 37.4 Å². The molecular weight excluding hydrogens is 490 g/mol. The van der Waals surface area contributed by atoms with Crippen molar-refractivity contribution in [3.05, 3.63) is 91.3 Å². The average molecular weight is 518 g/mol. The van der Waals surface area contributed by atoms with Crippen LogP contribution < -0.4 is 11.0 Å². The molecule has 1 amide bonds. The number of rotatable bonds is 8. The van der Waals surface area contributed by atoms with Crippen LogP contribution in [0.25, 0.3) is 16.7 Å². The van der Waals surface area contributed by atoms with Gasteiger partial charge in [-0.25, -0.2) is 9.78 Å². The molecule has 3 aromatic heterocycles. The molecule has 1 aromatic carbocycles. The van der Waals surface area contributed by atoms with E-state index in [1.54, 1.807) is 23.8 Å². The van der Waals surface area contributed by atoms with Crippen molar-refractivity contribution in [3.8, 4) is 0 Å². The monoisotopic (exact) mass is 517 g/mol. The highest BCUT2D eigenvalue weighted by Crippen LogP contribution is 2.16. The first-order chi connectivity index (χ1) is 18.3. The number of carbonyl (C=O) groups excluding carboxylic acids is 2. The number of amides is 1. The summed E-state index contributed by atoms with van der Waals surface area (Å²) < 4.78 is 8.28. The van der Waals surface area contributed by atoms with E-state index in [-0.39, 0.29) is 39.9 Å². The lowest BCUT2D eigenvalue weighted by Crippen LogP contribution is -2.33. The quantitative estimate of drug-likeness (QED) is 0.113. The number of non-ortho nitro benzene ring substituents is 1. The number of unbranched alkanes of at least 4 members (excludes halogenated alkanes) is 2. The van der Waals surface area contributed by atoms with E-state index >= 15 is 0 Å². The van der Waals surface area contributed by atoms with Gasteiger partial charge in [0, 0.05) is 30.4 Å². The summed E-state index contributed by atoms with van der Waals surface area (Å²) in [5.41, 5.74) is 1.07. The van der Waals surface area contributed by atoms with Crippen molar-refractivity contribution in [1.29, 1.82) is 0 Å². The Bertz CT molecular complexity index is 1690. The topological polar surface area (TPSA) is 138 Å². The third-order valence-corrected chi connectivity index (χ3v) is 6.12. The number of carbonyl (C=O) groups is 2. The van der Waals surface area contributed by atoms with Gasteiger partial charge in [0.05, 0.1) is 16.9 Å². The van der Waals surface area contributed by atoms with Crippen LogP contribution in [0.15, 0.2) is 58.4 Å². The van der Waals surface area contributed by atoms with Gasteiger partial charge in [-0.3, -0.25) is 24.1 Å². The zero-order valence-corrected chi connectivity index (χ0v) is 21.3. The number of hydrogen-bond acceptors (Lipinski definition) is 7. The number of fused-ring (bicyclic) bond motifs is 2. The minimum Gasteiger partial charge on any atom is -0.462 e. The van der Waals surface area contributed by atoms with Crippen molar-refractivity contribution in [2.45, 2.75) is 46.6 Å². The lowest BCUT2D eigenvalue weighted by molar-refractivity contribution is -0.384. The highest BCUT2D eigenvalue weighted by Gasteiger charge is 2.21. The zero-order valence-electron chi connectivity index (χ0n) is 21.3. The van der Waals surface area contributed by atoms with Crippen molar-refractivity contribution in [1.82, 2.24) is 14.0 Å². The van der Waals surface area contributed by atoms with E-state index < -0.39 is 16.8 Å². The molecule has 0 radical (unpaired) electrons. The molecule has 38 heavy (non-hydrogen) atoms. The van der Waals surface area contributed by atoms with Crippen LogP contribution >= 0.6 is 0 Å². The van der Waals surface area contributed by atoms with Crippen LogP contribution in [0.4, 0.5) is 5.69 Å². The van der Waals surface area contributed by atoms with Gasteiger partial charge < -0.3 is 9.30 Å². The summed E-state index contributed by atoms with van der Waals surface area (Å²) in [7, 11) is 0. The van der Waals surface area contributed by atoms with E-state index in [0.717, 1.165) is 18.4 Å². The van der Waals surface area contributed by atoms with Crippen LogP contribution in [0, 0.1) is 17.0 Å². The van der Waals surface area contributed by atoms with Crippen molar-refractivity contribution >= 4 is 34.2 Å². The van der Waals surface area contributed by atoms with E-state index in [2.05, 4.69) is 4.99 Å². The van der Waals surface area contributed by atoms with Crippen LogP contribution in [0.5, 0.6) is 0 Å². The predicted octanol–water partition coefficient (Wildman–Crippen LogP) is 3.97. The van der Waals surface area contributed by atoms with E-state index in [4.69, 9.17) is 9.72 Å². The molecule has 0 atom stereocenters. The largest absolute Gasteiger partial charge is 0.462 e. The number of benzene rings is 1. The van der Waals surface area contributed by atoms with E-state index in [1.807, 2.05) is 19.9 Å². The Kier molecular flexibility index (Phi) is 7.75. The second-order valence-electron chi connectivity index (χ2n) is 8.72. The minimum absolute atomic E-state index is 0.0141. The molecule has 3 heterocycles. The second-order valence-corrected chi connectivity index (χ2v) is 8.72. The maximum absolute atomic E-state index is 13.5. The summed E-state index contributed by atoms with van der Waals surface area (Å²) in [6, 6.07) is 9.98. The molecule has 11 heteroatoms. The van der Waals surface area contributed by atoms with E-state index in [1.165, 1.54) is 34.7 Å². The van der Waals surface area contributed by atoms with Crippen molar-refractivity contribution in [3.63, 3.8) is 0 Å². The molecule has 0 unspecified atom stereocenters. The third-order valence-electron chi connectivity index (χ3n) is 6.12. The Morgan fingerprint density at radius 3 is 2.50 bits per heavy atom.